The second kappa shape index (κ2) is 8.51. The molecule has 9 heavy (non-hydrogen) atoms. The van der Waals surface area contributed by atoms with E-state index in [0.717, 1.165) is 0 Å². The predicted octanol–water partition coefficient (Wildman–Crippen LogP) is -1.58. The molecule has 9 heteroatoms. The van der Waals surface area contributed by atoms with Crippen LogP contribution in [0.2, 0.25) is 0 Å². The van der Waals surface area contributed by atoms with E-state index in [1.165, 1.54) is 0 Å². The fourth-order valence-electron chi connectivity index (χ4n) is 0. The molecule has 0 aliphatic heterocycles. The van der Waals surface area contributed by atoms with Gasteiger partial charge in [0.1, 0.15) is 0 Å². The first kappa shape index (κ1) is 16.3. The van der Waals surface area contributed by atoms with Gasteiger partial charge in [0, 0.05) is 10.4 Å². The molecule has 0 bridgehead atoms. The Labute approximate surface area is 67.6 Å². The van der Waals surface area contributed by atoms with Crippen LogP contribution in [0.1, 0.15) is 0 Å². The Kier molecular flexibility index (Phi) is 15.4. The van der Waals surface area contributed by atoms with Crippen LogP contribution >= 0.6 is 0 Å². The van der Waals surface area contributed by atoms with Crippen LogP contribution in [0.25, 0.3) is 0 Å². The van der Waals surface area contributed by atoms with Gasteiger partial charge in [-0.25, -0.2) is 0 Å². The van der Waals surface area contributed by atoms with Gasteiger partial charge in [-0.15, -0.1) is 0 Å². The van der Waals surface area contributed by atoms with Crippen LogP contribution in [0, 0.1) is 0 Å². The van der Waals surface area contributed by atoms with Crippen molar-refractivity contribution in [1.82, 2.24) is 0 Å². The summed E-state index contributed by atoms with van der Waals surface area (Å²) in [4.78, 5) is 0. The van der Waals surface area contributed by atoms with Gasteiger partial charge in [-0.2, -0.15) is 0 Å². The van der Waals surface area contributed by atoms with E-state index in [2.05, 4.69) is 0 Å². The number of hydrogen-bond donors (Lipinski definition) is 0. The monoisotopic (exact) mass is 238 g/mol. The summed E-state index contributed by atoms with van der Waals surface area (Å²) in [6.45, 7) is 0. The van der Waals surface area contributed by atoms with Crippen LogP contribution < -0.4 is 0 Å². The molecule has 0 spiro atoms. The SMILES string of the molecule is O=S(=O)([O-])[O-].[Mn+2].[O]=[Mn]=[O]. The van der Waals surface area contributed by atoms with Crippen LogP contribution in [-0.4, -0.2) is 17.5 Å². The molecule has 0 aliphatic carbocycles. The summed E-state index contributed by atoms with van der Waals surface area (Å²) < 4.78 is 50.9. The van der Waals surface area contributed by atoms with Crippen molar-refractivity contribution in [1.29, 1.82) is 0 Å². The maximum absolute atomic E-state index is 8.52. The molecule has 0 heterocycles. The summed E-state index contributed by atoms with van der Waals surface area (Å²) in [6, 6.07) is 0. The molecule has 0 amide bonds. The molecular formula is Mn2O6S. The Morgan fingerprint density at radius 1 is 1.11 bits per heavy atom. The Balaban J connectivity index is -0.0000000800. The fraction of sp³-hybridized carbons (Fsp3) is 0. The van der Waals surface area contributed by atoms with Crippen molar-refractivity contribution in [3.05, 3.63) is 0 Å². The summed E-state index contributed by atoms with van der Waals surface area (Å²) in [5, 5.41) is 0. The molecule has 0 saturated heterocycles. The average Bonchev–Trinajstić information content (AvgIpc) is 1.27. The van der Waals surface area contributed by atoms with E-state index in [4.69, 9.17) is 25.2 Å². The van der Waals surface area contributed by atoms with Crippen molar-refractivity contribution in [3.8, 4) is 0 Å². The van der Waals surface area contributed by atoms with E-state index < -0.39 is 25.2 Å². The van der Waals surface area contributed by atoms with Gasteiger partial charge < -0.3 is 9.11 Å². The van der Waals surface area contributed by atoms with Gasteiger partial charge in [0.2, 0.25) is 0 Å². The Morgan fingerprint density at radius 3 is 1.11 bits per heavy atom. The van der Waals surface area contributed by atoms with Crippen LogP contribution in [0.4, 0.5) is 0 Å². The zero-order chi connectivity index (χ0) is 7.21. The minimum atomic E-state index is -5.17. The van der Waals surface area contributed by atoms with E-state index in [1.54, 1.807) is 0 Å². The van der Waals surface area contributed by atoms with Crippen LogP contribution in [0.15, 0.2) is 0 Å². The average molecular weight is 238 g/mol. The first-order valence-corrected chi connectivity index (χ1v) is 3.27. The topological polar surface area (TPSA) is 114 Å². The standard InChI is InChI=1S/2Mn.H2O4S.2O/c;;1-5(2,3)4;;/h;;(H2,1,2,3,4);;/q;+2;;;/p-2. The normalized spacial score (nSPS) is 7.78. The summed E-state index contributed by atoms with van der Waals surface area (Å²) >= 11 is -1.44. The van der Waals surface area contributed by atoms with Gasteiger partial charge in [0.25, 0.3) is 0 Å². The fourth-order valence-corrected chi connectivity index (χ4v) is 0. The molecule has 0 aliphatic rings. The van der Waals surface area contributed by atoms with E-state index in [1.807, 2.05) is 0 Å². The van der Waals surface area contributed by atoms with E-state index in [-0.39, 0.29) is 17.1 Å². The number of hydrogen-bond acceptors (Lipinski definition) is 6. The molecule has 0 rings (SSSR count). The molecule has 0 aromatic rings. The van der Waals surface area contributed by atoms with E-state index >= 15 is 0 Å². The van der Waals surface area contributed by atoms with Gasteiger partial charge in [0.05, 0.1) is 0 Å². The van der Waals surface area contributed by atoms with Gasteiger partial charge in [-0.3, -0.25) is 8.42 Å². The van der Waals surface area contributed by atoms with E-state index in [9.17, 15) is 0 Å². The molecule has 0 aromatic carbocycles. The molecule has 0 atom stereocenters. The van der Waals surface area contributed by atoms with Gasteiger partial charge in [-0.05, 0) is 0 Å². The second-order valence-corrected chi connectivity index (χ2v) is 1.48. The Morgan fingerprint density at radius 2 is 1.11 bits per heavy atom. The molecule has 0 saturated carbocycles. The third kappa shape index (κ3) is 1390. The van der Waals surface area contributed by atoms with Gasteiger partial charge in [0.15, 0.2) is 0 Å². The van der Waals surface area contributed by atoms with Crippen molar-refractivity contribution < 1.29 is 57.1 Å². The van der Waals surface area contributed by atoms with Gasteiger partial charge >= 0.3 is 39.6 Å². The molecule has 0 fully saturated rings. The minimum absolute atomic E-state index is 0. The first-order chi connectivity index (χ1) is 3.41. The maximum atomic E-state index is 8.52. The summed E-state index contributed by atoms with van der Waals surface area (Å²) in [5.41, 5.74) is 0. The number of rotatable bonds is 0. The summed E-state index contributed by atoms with van der Waals surface area (Å²) in [6.07, 6.45) is 0. The van der Waals surface area contributed by atoms with E-state index in [0.29, 0.717) is 0 Å². The Bertz CT molecular complexity index is 151. The predicted molar refractivity (Wildman–Crippen MR) is 11.8 cm³/mol. The zero-order valence-electron chi connectivity index (χ0n) is 3.61. The third-order valence-corrected chi connectivity index (χ3v) is 0. The molecule has 0 aromatic heterocycles. The first-order valence-electron chi connectivity index (χ1n) is 0.975. The molecule has 56 valence electrons. The van der Waals surface area contributed by atoms with Crippen molar-refractivity contribution in [2.45, 2.75) is 0 Å². The van der Waals surface area contributed by atoms with Crippen LogP contribution in [0.5, 0.6) is 0 Å². The van der Waals surface area contributed by atoms with Gasteiger partial charge in [-0.1, -0.05) is 0 Å². The quantitative estimate of drug-likeness (QED) is 0.285. The molecule has 6 nitrogen and oxygen atoms in total. The van der Waals surface area contributed by atoms with Crippen LogP contribution in [-0.2, 0) is 50.0 Å². The zero-order valence-corrected chi connectivity index (χ0v) is 6.79. The molecule has 0 unspecified atom stereocenters. The summed E-state index contributed by atoms with van der Waals surface area (Å²) in [5.74, 6) is 0. The third-order valence-electron chi connectivity index (χ3n) is 0. The van der Waals surface area contributed by atoms with Crippen molar-refractivity contribution >= 4 is 10.4 Å². The van der Waals surface area contributed by atoms with Crippen LogP contribution in [0.3, 0.4) is 0 Å². The Hall–Kier alpha value is 0.509. The van der Waals surface area contributed by atoms with Crippen molar-refractivity contribution in [3.63, 3.8) is 0 Å². The second-order valence-electron chi connectivity index (χ2n) is 0.471. The van der Waals surface area contributed by atoms with Crippen molar-refractivity contribution in [2.75, 3.05) is 0 Å². The summed E-state index contributed by atoms with van der Waals surface area (Å²) in [7, 11) is -5.17. The molecule has 0 N–H and O–H groups in total. The molecular weight excluding hydrogens is 238 g/mol. The molecule has 1 radical (unpaired) electrons. The van der Waals surface area contributed by atoms with Crippen molar-refractivity contribution in [2.24, 2.45) is 0 Å².